The van der Waals surface area contributed by atoms with Crippen LogP contribution in [0.1, 0.15) is 51.3 Å². The lowest BCUT2D eigenvalue weighted by Gasteiger charge is -2.18. The highest BCUT2D eigenvalue weighted by Gasteiger charge is 2.18. The highest BCUT2D eigenvalue weighted by Crippen LogP contribution is 2.31. The normalized spacial score (nSPS) is 16.6. The van der Waals surface area contributed by atoms with Crippen molar-refractivity contribution in [2.75, 3.05) is 18.8 Å². The molecule has 1 aromatic heterocycles. The van der Waals surface area contributed by atoms with Gasteiger partial charge in [-0.2, -0.15) is 0 Å². The Morgan fingerprint density at radius 1 is 1.25 bits per heavy atom. The number of thioether (sulfide) groups is 1. The number of nitrogens with zero attached hydrogens (tertiary/aromatic N) is 2. The molecular weight excluding hydrogens is 340 g/mol. The van der Waals surface area contributed by atoms with E-state index in [1.54, 1.807) is 0 Å². The van der Waals surface area contributed by atoms with Gasteiger partial charge in [0, 0.05) is 29.9 Å². The van der Waals surface area contributed by atoms with Crippen LogP contribution in [0, 0.1) is 0 Å². The van der Waals surface area contributed by atoms with E-state index in [4.69, 9.17) is 16.0 Å². The van der Waals surface area contributed by atoms with E-state index in [0.29, 0.717) is 10.9 Å². The number of hydrogen-bond acceptors (Lipinski definition) is 4. The van der Waals surface area contributed by atoms with Crippen molar-refractivity contribution in [3.05, 3.63) is 34.1 Å². The van der Waals surface area contributed by atoms with E-state index in [2.05, 4.69) is 22.9 Å². The van der Waals surface area contributed by atoms with Crippen molar-refractivity contribution in [2.45, 2.75) is 45.4 Å². The van der Waals surface area contributed by atoms with Crippen LogP contribution in [0.25, 0.3) is 17.2 Å². The third-order valence-electron chi connectivity index (χ3n) is 4.32. The summed E-state index contributed by atoms with van der Waals surface area (Å²) in [5.74, 6) is 1.82. The largest absolute Gasteiger partial charge is 0.437 e. The lowest BCUT2D eigenvalue weighted by molar-refractivity contribution is 0.386. The third-order valence-corrected chi connectivity index (χ3v) is 5.61. The Balaban J connectivity index is 1.58. The van der Waals surface area contributed by atoms with Crippen LogP contribution in [-0.4, -0.2) is 28.7 Å². The number of unbranched alkanes of at least 4 members (excludes halogenated alkanes) is 5. The van der Waals surface area contributed by atoms with Crippen molar-refractivity contribution < 1.29 is 4.42 Å². The molecule has 0 amide bonds. The van der Waals surface area contributed by atoms with Gasteiger partial charge in [0.25, 0.3) is 0 Å². The van der Waals surface area contributed by atoms with Crippen molar-refractivity contribution in [1.82, 2.24) is 9.88 Å². The standard InChI is InChI=1S/C19H25ClN2OS/c1-2-3-4-5-6-7-10-22-11-12-24-19(22)14-18-21-16-13-15(20)8-9-17(16)23-18/h8-9,13-14H,2-7,10-12H2,1H3. The lowest BCUT2D eigenvalue weighted by atomic mass is 10.1. The molecule has 2 heterocycles. The minimum Gasteiger partial charge on any atom is -0.437 e. The van der Waals surface area contributed by atoms with Crippen LogP contribution in [0.15, 0.2) is 27.6 Å². The second kappa shape index (κ2) is 8.82. The molecule has 0 unspecified atom stereocenters. The lowest BCUT2D eigenvalue weighted by Crippen LogP contribution is -2.19. The van der Waals surface area contributed by atoms with Gasteiger partial charge in [-0.15, -0.1) is 11.8 Å². The fourth-order valence-electron chi connectivity index (χ4n) is 2.99. The second-order valence-electron chi connectivity index (χ2n) is 6.25. The number of hydrogen-bond donors (Lipinski definition) is 0. The van der Waals surface area contributed by atoms with Gasteiger partial charge in [-0.25, -0.2) is 4.98 Å². The smallest absolute Gasteiger partial charge is 0.222 e. The van der Waals surface area contributed by atoms with Gasteiger partial charge in [0.05, 0.1) is 5.03 Å². The summed E-state index contributed by atoms with van der Waals surface area (Å²) in [6, 6.07) is 5.56. The van der Waals surface area contributed by atoms with Crippen molar-refractivity contribution in [3.8, 4) is 0 Å². The molecular formula is C19H25ClN2OS. The molecule has 0 radical (unpaired) electrons. The minimum atomic E-state index is 0.671. The maximum atomic E-state index is 6.01. The third kappa shape index (κ3) is 4.70. The number of oxazole rings is 1. The van der Waals surface area contributed by atoms with Crippen molar-refractivity contribution in [3.63, 3.8) is 0 Å². The number of aromatic nitrogens is 1. The molecule has 3 rings (SSSR count). The number of rotatable bonds is 8. The maximum absolute atomic E-state index is 6.01. The van der Waals surface area contributed by atoms with E-state index in [1.807, 2.05) is 30.0 Å². The average Bonchev–Trinajstić information content (AvgIpc) is 3.17. The zero-order valence-electron chi connectivity index (χ0n) is 14.3. The molecule has 1 aliphatic rings. The molecule has 1 saturated heterocycles. The van der Waals surface area contributed by atoms with Gasteiger partial charge >= 0.3 is 0 Å². The van der Waals surface area contributed by atoms with Gasteiger partial charge in [-0.1, -0.05) is 50.6 Å². The molecule has 24 heavy (non-hydrogen) atoms. The Bertz CT molecular complexity index is 698. The molecule has 0 N–H and O–H groups in total. The molecule has 0 aliphatic carbocycles. The second-order valence-corrected chi connectivity index (χ2v) is 7.80. The predicted octanol–water partition coefficient (Wildman–Crippen LogP) is 6.19. The van der Waals surface area contributed by atoms with E-state index in [1.165, 1.54) is 43.6 Å². The van der Waals surface area contributed by atoms with Gasteiger partial charge in [-0.05, 0) is 24.6 Å². The summed E-state index contributed by atoms with van der Waals surface area (Å²) in [6.45, 7) is 4.52. The molecule has 2 aromatic rings. The van der Waals surface area contributed by atoms with Crippen LogP contribution in [0.2, 0.25) is 5.02 Å². The molecule has 0 spiro atoms. The number of halogens is 1. The maximum Gasteiger partial charge on any atom is 0.222 e. The van der Waals surface area contributed by atoms with Crippen molar-refractivity contribution >= 4 is 40.5 Å². The Hall–Kier alpha value is -1.13. The zero-order valence-corrected chi connectivity index (χ0v) is 15.8. The Labute approximate surface area is 153 Å². The molecule has 5 heteroatoms. The van der Waals surface area contributed by atoms with Crippen LogP contribution in [0.4, 0.5) is 0 Å². The SMILES string of the molecule is CCCCCCCCN1CCSC1=Cc1nc2cc(Cl)ccc2o1. The summed E-state index contributed by atoms with van der Waals surface area (Å²) >= 11 is 7.91. The summed E-state index contributed by atoms with van der Waals surface area (Å²) in [5, 5.41) is 1.97. The van der Waals surface area contributed by atoms with Gasteiger partial charge in [0.1, 0.15) is 5.52 Å². The molecule has 1 fully saturated rings. The van der Waals surface area contributed by atoms with Crippen LogP contribution in [-0.2, 0) is 0 Å². The highest BCUT2D eigenvalue weighted by atomic mass is 35.5. The monoisotopic (exact) mass is 364 g/mol. The molecule has 1 aromatic carbocycles. The van der Waals surface area contributed by atoms with Crippen LogP contribution in [0.3, 0.4) is 0 Å². The fourth-order valence-corrected chi connectivity index (χ4v) is 4.22. The first-order valence-electron chi connectivity index (χ1n) is 8.92. The summed E-state index contributed by atoms with van der Waals surface area (Å²) in [6.07, 6.45) is 10.1. The zero-order chi connectivity index (χ0) is 16.8. The van der Waals surface area contributed by atoms with Gasteiger partial charge in [0.2, 0.25) is 5.89 Å². The molecule has 130 valence electrons. The van der Waals surface area contributed by atoms with E-state index >= 15 is 0 Å². The van der Waals surface area contributed by atoms with Crippen molar-refractivity contribution in [2.24, 2.45) is 0 Å². The van der Waals surface area contributed by atoms with Gasteiger partial charge in [-0.3, -0.25) is 0 Å². The van der Waals surface area contributed by atoms with E-state index < -0.39 is 0 Å². The van der Waals surface area contributed by atoms with Gasteiger partial charge < -0.3 is 9.32 Å². The summed E-state index contributed by atoms with van der Waals surface area (Å²) in [7, 11) is 0. The first-order valence-corrected chi connectivity index (χ1v) is 10.3. The average molecular weight is 365 g/mol. The van der Waals surface area contributed by atoms with Gasteiger partial charge in [0.15, 0.2) is 5.58 Å². The quantitative estimate of drug-likeness (QED) is 0.522. The first kappa shape index (κ1) is 17.7. The Morgan fingerprint density at radius 2 is 2.08 bits per heavy atom. The van der Waals surface area contributed by atoms with Crippen LogP contribution < -0.4 is 0 Å². The topological polar surface area (TPSA) is 29.3 Å². The molecule has 1 aliphatic heterocycles. The highest BCUT2D eigenvalue weighted by molar-refractivity contribution is 8.03. The van der Waals surface area contributed by atoms with E-state index in [9.17, 15) is 0 Å². The Morgan fingerprint density at radius 3 is 2.96 bits per heavy atom. The molecule has 0 saturated carbocycles. The summed E-state index contributed by atoms with van der Waals surface area (Å²) in [4.78, 5) is 7.00. The van der Waals surface area contributed by atoms with E-state index in [-0.39, 0.29) is 0 Å². The molecule has 3 nitrogen and oxygen atoms in total. The molecule has 0 atom stereocenters. The minimum absolute atomic E-state index is 0.671. The fraction of sp³-hybridized carbons (Fsp3) is 0.526. The van der Waals surface area contributed by atoms with Crippen LogP contribution in [0.5, 0.6) is 0 Å². The summed E-state index contributed by atoms with van der Waals surface area (Å²) < 4.78 is 5.82. The molecule has 0 bridgehead atoms. The van der Waals surface area contributed by atoms with E-state index in [0.717, 1.165) is 29.9 Å². The van der Waals surface area contributed by atoms with Crippen molar-refractivity contribution in [1.29, 1.82) is 0 Å². The first-order chi connectivity index (χ1) is 11.8. The number of fused-ring (bicyclic) bond motifs is 1. The Kier molecular flexibility index (Phi) is 6.50. The number of benzene rings is 1. The summed E-state index contributed by atoms with van der Waals surface area (Å²) in [5.41, 5.74) is 1.61. The predicted molar refractivity (Wildman–Crippen MR) is 104 cm³/mol. The van der Waals surface area contributed by atoms with Crippen LogP contribution >= 0.6 is 23.4 Å².